The largest absolute Gasteiger partial charge is 0.421 e. The van der Waals surface area contributed by atoms with Crippen LogP contribution in [0.2, 0.25) is 6.32 Å². The summed E-state index contributed by atoms with van der Waals surface area (Å²) >= 11 is 0. The molecule has 2 unspecified atom stereocenters. The summed E-state index contributed by atoms with van der Waals surface area (Å²) in [5.41, 5.74) is 0. The summed E-state index contributed by atoms with van der Waals surface area (Å²) in [6.45, 7) is 9.83. The molecule has 1 rings (SSSR count). The Balaban J connectivity index is 2.30. The Morgan fingerprint density at radius 3 is 2.67 bits per heavy atom. The van der Waals surface area contributed by atoms with E-state index in [0.29, 0.717) is 17.9 Å². The molecule has 1 saturated heterocycles. The Labute approximate surface area is 76.2 Å². The first-order valence-electron chi connectivity index (χ1n) is 4.97. The molecular formula is C9H20BNO. The molecule has 0 saturated carbocycles. The van der Waals surface area contributed by atoms with Gasteiger partial charge in [0, 0.05) is 12.6 Å². The topological polar surface area (TPSA) is 21.3 Å². The van der Waals surface area contributed by atoms with Gasteiger partial charge in [0.1, 0.15) is 0 Å². The highest BCUT2D eigenvalue weighted by Gasteiger charge is 2.28. The van der Waals surface area contributed by atoms with E-state index in [1.807, 2.05) is 0 Å². The Kier molecular flexibility index (Phi) is 3.60. The third kappa shape index (κ3) is 2.79. The molecule has 1 aliphatic heterocycles. The highest BCUT2D eigenvalue weighted by atomic mass is 16.4. The van der Waals surface area contributed by atoms with Crippen LogP contribution in [-0.4, -0.2) is 19.7 Å². The molecular weight excluding hydrogens is 149 g/mol. The van der Waals surface area contributed by atoms with Crippen molar-refractivity contribution < 1.29 is 4.65 Å². The van der Waals surface area contributed by atoms with Crippen LogP contribution in [0.15, 0.2) is 0 Å². The number of rotatable bonds is 2. The van der Waals surface area contributed by atoms with Gasteiger partial charge in [-0.15, -0.1) is 0 Å². The van der Waals surface area contributed by atoms with Gasteiger partial charge in [0.15, 0.2) is 0 Å². The van der Waals surface area contributed by atoms with Crippen molar-refractivity contribution in [3.63, 3.8) is 0 Å². The van der Waals surface area contributed by atoms with Crippen LogP contribution in [0.1, 0.15) is 27.7 Å². The van der Waals surface area contributed by atoms with E-state index in [0.717, 1.165) is 12.9 Å². The zero-order chi connectivity index (χ0) is 9.14. The lowest BCUT2D eigenvalue weighted by atomic mass is 9.70. The van der Waals surface area contributed by atoms with Crippen molar-refractivity contribution in [3.8, 4) is 0 Å². The molecule has 1 fully saturated rings. The fraction of sp³-hybridized carbons (Fsp3) is 1.00. The van der Waals surface area contributed by atoms with E-state index >= 15 is 0 Å². The van der Waals surface area contributed by atoms with Gasteiger partial charge in [-0.1, -0.05) is 27.7 Å². The third-order valence-corrected chi connectivity index (χ3v) is 2.55. The second kappa shape index (κ2) is 4.29. The van der Waals surface area contributed by atoms with Crippen LogP contribution in [0, 0.1) is 11.8 Å². The van der Waals surface area contributed by atoms with E-state index < -0.39 is 0 Å². The second-order valence-electron chi connectivity index (χ2n) is 4.38. The molecule has 2 atom stereocenters. The standard InChI is InChI=1S/C9H20BNO/c1-7(2)5-10-11-9(4)8(3)6-12-10/h7-9,11H,5-6H2,1-4H3. The molecule has 1 N–H and O–H groups in total. The van der Waals surface area contributed by atoms with Crippen molar-refractivity contribution in [1.82, 2.24) is 5.23 Å². The Bertz CT molecular complexity index is 140. The van der Waals surface area contributed by atoms with E-state index in [4.69, 9.17) is 4.65 Å². The quantitative estimate of drug-likeness (QED) is 0.636. The highest BCUT2D eigenvalue weighted by Crippen LogP contribution is 2.14. The van der Waals surface area contributed by atoms with E-state index in [1.165, 1.54) is 0 Å². The summed E-state index contributed by atoms with van der Waals surface area (Å²) in [4.78, 5) is 0. The normalized spacial score (nSPS) is 31.2. The van der Waals surface area contributed by atoms with Crippen molar-refractivity contribution in [2.45, 2.75) is 40.1 Å². The van der Waals surface area contributed by atoms with Crippen LogP contribution in [0.5, 0.6) is 0 Å². The van der Waals surface area contributed by atoms with Crippen molar-refractivity contribution in [2.75, 3.05) is 6.61 Å². The molecule has 0 aromatic rings. The molecule has 12 heavy (non-hydrogen) atoms. The smallest absolute Gasteiger partial charge is 0.380 e. The van der Waals surface area contributed by atoms with Gasteiger partial charge in [-0.3, -0.25) is 0 Å². The summed E-state index contributed by atoms with van der Waals surface area (Å²) < 4.78 is 5.66. The zero-order valence-corrected chi connectivity index (χ0v) is 8.63. The average molecular weight is 169 g/mol. The van der Waals surface area contributed by atoms with Gasteiger partial charge >= 0.3 is 7.05 Å². The first-order valence-corrected chi connectivity index (χ1v) is 4.97. The molecule has 70 valence electrons. The number of nitrogens with one attached hydrogen (secondary N) is 1. The lowest BCUT2D eigenvalue weighted by molar-refractivity contribution is 0.190. The van der Waals surface area contributed by atoms with Gasteiger partial charge in [-0.25, -0.2) is 0 Å². The lowest BCUT2D eigenvalue weighted by Crippen LogP contribution is -2.52. The van der Waals surface area contributed by atoms with Crippen LogP contribution in [0.25, 0.3) is 0 Å². The average Bonchev–Trinajstić information content (AvgIpc) is 1.96. The number of hydrogen-bond donors (Lipinski definition) is 1. The maximum absolute atomic E-state index is 5.66. The Morgan fingerprint density at radius 1 is 1.50 bits per heavy atom. The zero-order valence-electron chi connectivity index (χ0n) is 8.63. The van der Waals surface area contributed by atoms with Crippen LogP contribution in [-0.2, 0) is 4.65 Å². The highest BCUT2D eigenvalue weighted by molar-refractivity contribution is 6.49. The molecule has 3 heteroatoms. The Morgan fingerprint density at radius 2 is 2.17 bits per heavy atom. The molecule has 0 aromatic heterocycles. The molecule has 0 amide bonds. The monoisotopic (exact) mass is 169 g/mol. The van der Waals surface area contributed by atoms with E-state index in [2.05, 4.69) is 32.9 Å². The molecule has 0 bridgehead atoms. The summed E-state index contributed by atoms with van der Waals surface area (Å²) in [6.07, 6.45) is 1.12. The van der Waals surface area contributed by atoms with E-state index in [9.17, 15) is 0 Å². The van der Waals surface area contributed by atoms with Crippen LogP contribution < -0.4 is 5.23 Å². The van der Waals surface area contributed by atoms with Crippen LogP contribution >= 0.6 is 0 Å². The van der Waals surface area contributed by atoms with Gasteiger partial charge in [0.2, 0.25) is 0 Å². The van der Waals surface area contributed by atoms with Crippen molar-refractivity contribution >= 4 is 7.05 Å². The summed E-state index contributed by atoms with van der Waals surface area (Å²) in [5, 5.41) is 3.48. The van der Waals surface area contributed by atoms with Crippen molar-refractivity contribution in [3.05, 3.63) is 0 Å². The summed E-state index contributed by atoms with van der Waals surface area (Å²) in [7, 11) is 0.288. The minimum Gasteiger partial charge on any atom is -0.421 e. The number of hydrogen-bond acceptors (Lipinski definition) is 2. The molecule has 1 aliphatic rings. The lowest BCUT2D eigenvalue weighted by Gasteiger charge is -2.32. The minimum absolute atomic E-state index is 0.288. The van der Waals surface area contributed by atoms with Gasteiger partial charge < -0.3 is 9.88 Å². The molecule has 0 spiro atoms. The predicted octanol–water partition coefficient (Wildman–Crippen LogP) is 1.77. The summed E-state index contributed by atoms with van der Waals surface area (Å²) in [6, 6.07) is 0.600. The van der Waals surface area contributed by atoms with Crippen molar-refractivity contribution in [2.24, 2.45) is 11.8 Å². The molecule has 1 heterocycles. The first kappa shape index (κ1) is 10.1. The maximum atomic E-state index is 5.66. The third-order valence-electron chi connectivity index (χ3n) is 2.55. The van der Waals surface area contributed by atoms with Gasteiger partial charge in [0.25, 0.3) is 0 Å². The molecule has 0 radical (unpaired) electrons. The predicted molar refractivity (Wildman–Crippen MR) is 53.1 cm³/mol. The minimum atomic E-state index is 0.288. The van der Waals surface area contributed by atoms with Crippen molar-refractivity contribution in [1.29, 1.82) is 0 Å². The Hall–Kier alpha value is -0.0151. The van der Waals surface area contributed by atoms with Crippen LogP contribution in [0.3, 0.4) is 0 Å². The molecule has 0 aliphatic carbocycles. The van der Waals surface area contributed by atoms with E-state index in [-0.39, 0.29) is 7.05 Å². The fourth-order valence-corrected chi connectivity index (χ4v) is 1.48. The molecule has 0 aromatic carbocycles. The first-order chi connectivity index (χ1) is 5.59. The van der Waals surface area contributed by atoms with Gasteiger partial charge in [-0.2, -0.15) is 0 Å². The van der Waals surface area contributed by atoms with Gasteiger partial charge in [-0.05, 0) is 18.2 Å². The van der Waals surface area contributed by atoms with Gasteiger partial charge in [0.05, 0.1) is 0 Å². The maximum Gasteiger partial charge on any atom is 0.380 e. The fourth-order valence-electron chi connectivity index (χ4n) is 1.48. The van der Waals surface area contributed by atoms with Crippen LogP contribution in [0.4, 0.5) is 0 Å². The summed E-state index contributed by atoms with van der Waals surface area (Å²) in [5.74, 6) is 1.36. The second-order valence-corrected chi connectivity index (χ2v) is 4.38. The molecule has 2 nitrogen and oxygen atoms in total. The SMILES string of the molecule is CC(C)CB1NC(C)C(C)CO1. The van der Waals surface area contributed by atoms with E-state index in [1.54, 1.807) is 0 Å².